The Hall–Kier alpha value is -4.17. The van der Waals surface area contributed by atoms with E-state index in [2.05, 4.69) is 20.7 Å². The van der Waals surface area contributed by atoms with Crippen molar-refractivity contribution < 1.29 is 9.53 Å². The van der Waals surface area contributed by atoms with Crippen LogP contribution in [0, 0.1) is 0 Å². The second-order valence-corrected chi connectivity index (χ2v) is 7.99. The van der Waals surface area contributed by atoms with Crippen molar-refractivity contribution in [3.63, 3.8) is 0 Å². The quantitative estimate of drug-likeness (QED) is 0.215. The van der Waals surface area contributed by atoms with E-state index in [0.29, 0.717) is 11.0 Å². The molecule has 0 aliphatic heterocycles. The van der Waals surface area contributed by atoms with Crippen LogP contribution in [0.2, 0.25) is 0 Å². The molecule has 0 bridgehead atoms. The minimum Gasteiger partial charge on any atom is -0.496 e. The van der Waals surface area contributed by atoms with Gasteiger partial charge in [-0.2, -0.15) is 5.10 Å². The van der Waals surface area contributed by atoms with Crippen LogP contribution < -0.4 is 10.2 Å². The number of hydrazone groups is 1. The molecule has 3 aromatic carbocycles. The van der Waals surface area contributed by atoms with Crippen LogP contribution in [0.3, 0.4) is 0 Å². The lowest BCUT2D eigenvalue weighted by atomic mass is 10.2. The van der Waals surface area contributed by atoms with Gasteiger partial charge < -0.3 is 4.74 Å². The highest BCUT2D eigenvalue weighted by Crippen LogP contribution is 2.27. The van der Waals surface area contributed by atoms with E-state index in [1.54, 1.807) is 13.2 Å². The summed E-state index contributed by atoms with van der Waals surface area (Å²) in [6.07, 6.45) is 5.12. The molecule has 170 valence electrons. The molecule has 0 fully saturated rings. The molecule has 8 heteroatoms. The van der Waals surface area contributed by atoms with Crippen molar-refractivity contribution in [3.8, 4) is 22.8 Å². The molecular formula is C26H23N5O2S. The van der Waals surface area contributed by atoms with E-state index in [1.165, 1.54) is 18.0 Å². The summed E-state index contributed by atoms with van der Waals surface area (Å²) >= 11 is 1.30. The molecule has 0 aliphatic rings. The van der Waals surface area contributed by atoms with E-state index < -0.39 is 0 Å². The zero-order chi connectivity index (χ0) is 23.6. The number of rotatable bonds is 9. The smallest absolute Gasteiger partial charge is 0.250 e. The first-order chi connectivity index (χ1) is 16.8. The fraction of sp³-hybridized carbons (Fsp3) is 0.0769. The minimum absolute atomic E-state index is 0.146. The van der Waals surface area contributed by atoms with E-state index in [9.17, 15) is 4.79 Å². The second kappa shape index (κ2) is 11.6. The van der Waals surface area contributed by atoms with E-state index in [0.717, 1.165) is 22.6 Å². The number of thioether (sulfide) groups is 1. The Morgan fingerprint density at radius 2 is 1.71 bits per heavy atom. The van der Waals surface area contributed by atoms with Gasteiger partial charge in [-0.3, -0.25) is 9.36 Å². The average molecular weight is 470 g/mol. The third-order valence-electron chi connectivity index (χ3n) is 4.78. The SMILES string of the molecule is COc1ccccc1/C=C/C=N/NC(=O)CSc1nnc(-c2ccccc2)n1-c1ccccc1. The van der Waals surface area contributed by atoms with Crippen molar-refractivity contribution >= 4 is 30.0 Å². The number of amides is 1. The molecule has 4 aromatic rings. The van der Waals surface area contributed by atoms with Crippen molar-refractivity contribution in [2.45, 2.75) is 5.16 Å². The van der Waals surface area contributed by atoms with Crippen molar-refractivity contribution in [1.29, 1.82) is 0 Å². The number of benzene rings is 3. The van der Waals surface area contributed by atoms with Gasteiger partial charge in [0, 0.05) is 23.0 Å². The number of hydrogen-bond acceptors (Lipinski definition) is 6. The maximum Gasteiger partial charge on any atom is 0.250 e. The van der Waals surface area contributed by atoms with Crippen molar-refractivity contribution in [1.82, 2.24) is 20.2 Å². The number of ether oxygens (including phenoxy) is 1. The van der Waals surface area contributed by atoms with Crippen LogP contribution >= 0.6 is 11.8 Å². The predicted octanol–water partition coefficient (Wildman–Crippen LogP) is 4.85. The molecule has 0 spiro atoms. The summed E-state index contributed by atoms with van der Waals surface area (Å²) in [5.41, 5.74) is 5.33. The number of nitrogens with one attached hydrogen (secondary N) is 1. The maximum atomic E-state index is 12.3. The topological polar surface area (TPSA) is 81.4 Å². The first-order valence-corrected chi connectivity index (χ1v) is 11.6. The Morgan fingerprint density at radius 1 is 1.00 bits per heavy atom. The van der Waals surface area contributed by atoms with Crippen LogP contribution in [-0.2, 0) is 4.79 Å². The number of nitrogens with zero attached hydrogens (tertiary/aromatic N) is 4. The zero-order valence-corrected chi connectivity index (χ0v) is 19.4. The van der Waals surface area contributed by atoms with E-state index >= 15 is 0 Å². The van der Waals surface area contributed by atoms with Crippen LogP contribution in [0.4, 0.5) is 0 Å². The number of methoxy groups -OCH3 is 1. The summed E-state index contributed by atoms with van der Waals surface area (Å²) in [4.78, 5) is 12.3. The second-order valence-electron chi connectivity index (χ2n) is 7.05. The highest BCUT2D eigenvalue weighted by atomic mass is 32.2. The number of carbonyl (C=O) groups excluding carboxylic acids is 1. The standard InChI is InChI=1S/C26H23N5O2S/c1-33-23-17-9-8-11-20(23)14-10-18-27-28-24(32)19-34-26-30-29-25(21-12-4-2-5-13-21)31(26)22-15-6-3-7-16-22/h2-18H,19H2,1H3,(H,28,32)/b14-10+,27-18+. The molecule has 4 rings (SSSR count). The van der Waals surface area contributed by atoms with Gasteiger partial charge in [0.2, 0.25) is 0 Å². The number of aromatic nitrogens is 3. The van der Waals surface area contributed by atoms with Crippen LogP contribution in [0.1, 0.15) is 5.56 Å². The molecule has 1 amide bonds. The van der Waals surface area contributed by atoms with Crippen molar-refractivity contribution in [3.05, 3.63) is 96.6 Å². The molecule has 0 saturated heterocycles. The van der Waals surface area contributed by atoms with Gasteiger partial charge in [0.15, 0.2) is 11.0 Å². The summed E-state index contributed by atoms with van der Waals surface area (Å²) in [5, 5.41) is 13.3. The highest BCUT2D eigenvalue weighted by molar-refractivity contribution is 7.99. The van der Waals surface area contributed by atoms with Gasteiger partial charge in [-0.1, -0.05) is 78.5 Å². The average Bonchev–Trinajstić information content (AvgIpc) is 3.32. The van der Waals surface area contributed by atoms with Crippen molar-refractivity contribution in [2.24, 2.45) is 5.10 Å². The monoisotopic (exact) mass is 469 g/mol. The summed E-state index contributed by atoms with van der Waals surface area (Å²) in [7, 11) is 1.63. The molecule has 0 unspecified atom stereocenters. The normalized spacial score (nSPS) is 11.2. The lowest BCUT2D eigenvalue weighted by Gasteiger charge is -2.10. The summed E-state index contributed by atoms with van der Waals surface area (Å²) < 4.78 is 7.26. The third-order valence-corrected chi connectivity index (χ3v) is 5.71. The van der Waals surface area contributed by atoms with E-state index in [4.69, 9.17) is 4.74 Å². The summed E-state index contributed by atoms with van der Waals surface area (Å²) in [6, 6.07) is 27.3. The zero-order valence-electron chi connectivity index (χ0n) is 18.5. The molecule has 0 saturated carbocycles. The van der Waals surface area contributed by atoms with Crippen molar-refractivity contribution in [2.75, 3.05) is 12.9 Å². The fourth-order valence-electron chi connectivity index (χ4n) is 3.21. The van der Waals surface area contributed by atoms with Crippen LogP contribution in [0.15, 0.2) is 101 Å². The fourth-order valence-corrected chi connectivity index (χ4v) is 3.96. The van der Waals surface area contributed by atoms with Gasteiger partial charge in [-0.25, -0.2) is 5.43 Å². The van der Waals surface area contributed by atoms with Crippen LogP contribution in [-0.4, -0.2) is 39.7 Å². The molecule has 1 aromatic heterocycles. The Morgan fingerprint density at radius 3 is 2.47 bits per heavy atom. The van der Waals surface area contributed by atoms with Crippen LogP contribution in [0.5, 0.6) is 5.75 Å². The molecule has 0 aliphatic carbocycles. The Balaban J connectivity index is 1.40. The third kappa shape index (κ3) is 5.79. The van der Waals surface area contributed by atoms with Gasteiger partial charge >= 0.3 is 0 Å². The lowest BCUT2D eigenvalue weighted by molar-refractivity contribution is -0.118. The van der Waals surface area contributed by atoms with E-state index in [-0.39, 0.29) is 11.7 Å². The number of allylic oxidation sites excluding steroid dienone is 1. The predicted molar refractivity (Wildman–Crippen MR) is 136 cm³/mol. The van der Waals surface area contributed by atoms with Gasteiger partial charge in [0.05, 0.1) is 12.9 Å². The van der Waals surface area contributed by atoms with Gasteiger partial charge in [-0.05, 0) is 30.4 Å². The van der Waals surface area contributed by atoms with Gasteiger partial charge in [0.25, 0.3) is 5.91 Å². The van der Waals surface area contributed by atoms with Gasteiger partial charge in [-0.15, -0.1) is 10.2 Å². The van der Waals surface area contributed by atoms with Crippen LogP contribution in [0.25, 0.3) is 23.2 Å². The number of carbonyl (C=O) groups is 1. The first-order valence-electron chi connectivity index (χ1n) is 10.6. The number of para-hydroxylation sites is 2. The number of hydrogen-bond donors (Lipinski definition) is 1. The molecule has 0 atom stereocenters. The lowest BCUT2D eigenvalue weighted by Crippen LogP contribution is -2.19. The summed E-state index contributed by atoms with van der Waals surface area (Å²) in [6.45, 7) is 0. The summed E-state index contributed by atoms with van der Waals surface area (Å²) in [5.74, 6) is 1.39. The minimum atomic E-state index is -0.240. The molecule has 34 heavy (non-hydrogen) atoms. The molecule has 0 radical (unpaired) electrons. The Labute approximate surface area is 202 Å². The largest absolute Gasteiger partial charge is 0.496 e. The maximum absolute atomic E-state index is 12.3. The first kappa shape index (κ1) is 23.0. The van der Waals surface area contributed by atoms with E-state index in [1.807, 2.05) is 95.6 Å². The molecule has 1 N–H and O–H groups in total. The highest BCUT2D eigenvalue weighted by Gasteiger charge is 2.16. The molecule has 7 nitrogen and oxygen atoms in total. The molecular weight excluding hydrogens is 446 g/mol. The Bertz CT molecular complexity index is 1290. The van der Waals surface area contributed by atoms with Gasteiger partial charge in [0.1, 0.15) is 5.75 Å². The Kier molecular flexibility index (Phi) is 7.86. The molecule has 1 heterocycles.